The maximum absolute atomic E-state index is 13.0. The molecule has 2 N–H and O–H groups in total. The third kappa shape index (κ3) is 4.02. The molecule has 2 aliphatic heterocycles. The minimum atomic E-state index is -3.57. The predicted molar refractivity (Wildman–Crippen MR) is 119 cm³/mol. The fraction of sp³-hybridized carbons (Fsp3) is 0.421. The second-order valence-electron chi connectivity index (χ2n) is 7.66. The zero-order valence-corrected chi connectivity index (χ0v) is 19.6. The molecule has 1 unspecified atom stereocenters. The van der Waals surface area contributed by atoms with Crippen LogP contribution in [0.15, 0.2) is 35.5 Å². The quantitative estimate of drug-likeness (QED) is 0.536. The lowest BCUT2D eigenvalue weighted by Gasteiger charge is -2.29. The van der Waals surface area contributed by atoms with Crippen LogP contribution in [0.5, 0.6) is 0 Å². The Morgan fingerprint density at radius 1 is 1.32 bits per heavy atom. The largest absolute Gasteiger partial charge is 0.339 e. The summed E-state index contributed by atoms with van der Waals surface area (Å²) >= 11 is 4.51. The summed E-state index contributed by atoms with van der Waals surface area (Å²) in [6.07, 6.45) is 2.21. The van der Waals surface area contributed by atoms with E-state index in [0.29, 0.717) is 35.2 Å². The number of H-pyrrole nitrogens is 1. The molecule has 0 aromatic carbocycles. The predicted octanol–water partition coefficient (Wildman–Crippen LogP) is 2.46. The molecule has 5 heterocycles. The SMILES string of the molecule is O=c1[nH]c2c(cc1-c1noc(C3CCCN(S(=O)(=O)c4ccc(Br)s4)C3)n1)CNCC2. The van der Waals surface area contributed by atoms with Crippen LogP contribution in [-0.4, -0.2) is 47.5 Å². The van der Waals surface area contributed by atoms with E-state index in [-0.39, 0.29) is 23.8 Å². The van der Waals surface area contributed by atoms with Crippen molar-refractivity contribution in [2.45, 2.75) is 35.9 Å². The molecule has 0 spiro atoms. The number of aromatic nitrogens is 3. The highest BCUT2D eigenvalue weighted by Gasteiger charge is 2.34. The van der Waals surface area contributed by atoms with Gasteiger partial charge in [0.1, 0.15) is 4.21 Å². The van der Waals surface area contributed by atoms with E-state index in [1.54, 1.807) is 18.2 Å². The van der Waals surface area contributed by atoms with Gasteiger partial charge in [-0.25, -0.2) is 8.42 Å². The Morgan fingerprint density at radius 3 is 3.00 bits per heavy atom. The van der Waals surface area contributed by atoms with Gasteiger partial charge < -0.3 is 14.8 Å². The number of aromatic amines is 1. The minimum Gasteiger partial charge on any atom is -0.339 e. The molecule has 164 valence electrons. The number of sulfonamides is 1. The second kappa shape index (κ2) is 8.24. The van der Waals surface area contributed by atoms with E-state index in [9.17, 15) is 13.2 Å². The van der Waals surface area contributed by atoms with Crippen molar-refractivity contribution >= 4 is 37.3 Å². The molecule has 0 radical (unpaired) electrons. The zero-order chi connectivity index (χ0) is 21.6. The van der Waals surface area contributed by atoms with E-state index in [4.69, 9.17) is 4.52 Å². The molecule has 1 fully saturated rings. The molecule has 0 amide bonds. The molecule has 31 heavy (non-hydrogen) atoms. The highest BCUT2D eigenvalue weighted by molar-refractivity contribution is 9.11. The molecule has 9 nitrogen and oxygen atoms in total. The van der Waals surface area contributed by atoms with Gasteiger partial charge in [0, 0.05) is 38.3 Å². The molecular formula is C19H20BrN5O4S2. The average molecular weight is 526 g/mol. The maximum atomic E-state index is 13.0. The summed E-state index contributed by atoms with van der Waals surface area (Å²) in [5, 5.41) is 7.30. The van der Waals surface area contributed by atoms with Gasteiger partial charge in [-0.2, -0.15) is 9.29 Å². The first kappa shape index (κ1) is 21.0. The molecule has 0 aliphatic carbocycles. The van der Waals surface area contributed by atoms with Crippen molar-refractivity contribution in [2.75, 3.05) is 19.6 Å². The first-order chi connectivity index (χ1) is 14.9. The maximum Gasteiger partial charge on any atom is 0.259 e. The fourth-order valence-electron chi connectivity index (χ4n) is 4.03. The summed E-state index contributed by atoms with van der Waals surface area (Å²) in [7, 11) is -3.57. The zero-order valence-electron chi connectivity index (χ0n) is 16.4. The lowest BCUT2D eigenvalue weighted by Crippen LogP contribution is -2.38. The summed E-state index contributed by atoms with van der Waals surface area (Å²) in [4.78, 5) is 19.9. The van der Waals surface area contributed by atoms with Crippen molar-refractivity contribution in [1.82, 2.24) is 24.7 Å². The van der Waals surface area contributed by atoms with E-state index < -0.39 is 10.0 Å². The first-order valence-electron chi connectivity index (χ1n) is 9.97. The minimum absolute atomic E-state index is 0.216. The average Bonchev–Trinajstić information content (AvgIpc) is 3.43. The number of hydrogen-bond acceptors (Lipinski definition) is 8. The first-order valence-corrected chi connectivity index (χ1v) is 13.0. The number of piperidine rings is 1. The fourth-order valence-corrected chi connectivity index (χ4v) is 7.72. The number of nitrogens with one attached hydrogen (secondary N) is 2. The van der Waals surface area contributed by atoms with Crippen LogP contribution < -0.4 is 10.9 Å². The molecule has 2 aliphatic rings. The van der Waals surface area contributed by atoms with Crippen molar-refractivity contribution in [3.05, 3.63) is 49.5 Å². The van der Waals surface area contributed by atoms with Crippen LogP contribution in [0.4, 0.5) is 0 Å². The van der Waals surface area contributed by atoms with Gasteiger partial charge in [-0.3, -0.25) is 4.79 Å². The number of rotatable bonds is 4. The van der Waals surface area contributed by atoms with Crippen LogP contribution in [0.2, 0.25) is 0 Å². The summed E-state index contributed by atoms with van der Waals surface area (Å²) in [5.41, 5.74) is 2.07. The Morgan fingerprint density at radius 2 is 2.19 bits per heavy atom. The lowest BCUT2D eigenvalue weighted by molar-refractivity contribution is 0.266. The van der Waals surface area contributed by atoms with Crippen molar-refractivity contribution < 1.29 is 12.9 Å². The summed E-state index contributed by atoms with van der Waals surface area (Å²) in [5.74, 6) is 0.371. The standard InChI is InChI=1S/C19H20BrN5O4S2/c20-15-3-4-16(30-15)31(27,28)25-7-1-2-11(10-25)19-23-17(24-29-19)13-8-12-9-21-6-5-14(12)22-18(13)26/h3-4,8,11,21H,1-2,5-7,9-10H2,(H,22,26). The Balaban J connectivity index is 1.39. The van der Waals surface area contributed by atoms with E-state index in [2.05, 4.69) is 36.4 Å². The summed E-state index contributed by atoms with van der Waals surface area (Å²) in [6.45, 7) is 2.23. The van der Waals surface area contributed by atoms with Gasteiger partial charge in [-0.1, -0.05) is 5.16 Å². The number of thiophene rings is 1. The molecule has 0 bridgehead atoms. The van der Waals surface area contributed by atoms with Crippen LogP contribution in [0.3, 0.4) is 0 Å². The Labute approximate surface area is 191 Å². The van der Waals surface area contributed by atoms with Crippen LogP contribution >= 0.6 is 27.3 Å². The van der Waals surface area contributed by atoms with Crippen LogP contribution in [0.25, 0.3) is 11.4 Å². The van der Waals surface area contributed by atoms with Gasteiger partial charge in [-0.15, -0.1) is 11.3 Å². The number of fused-ring (bicyclic) bond motifs is 1. The number of hydrogen-bond donors (Lipinski definition) is 2. The van der Waals surface area contributed by atoms with Gasteiger partial charge in [0.2, 0.25) is 11.7 Å². The van der Waals surface area contributed by atoms with Crippen molar-refractivity contribution in [1.29, 1.82) is 0 Å². The summed E-state index contributed by atoms with van der Waals surface area (Å²) < 4.78 is 34.0. The highest BCUT2D eigenvalue weighted by atomic mass is 79.9. The normalized spacial score (nSPS) is 20.0. The topological polar surface area (TPSA) is 121 Å². The van der Waals surface area contributed by atoms with E-state index >= 15 is 0 Å². The Kier molecular flexibility index (Phi) is 5.59. The number of nitrogens with zero attached hydrogens (tertiary/aromatic N) is 3. The van der Waals surface area contributed by atoms with Crippen molar-refractivity contribution in [2.24, 2.45) is 0 Å². The second-order valence-corrected chi connectivity index (χ2v) is 12.3. The van der Waals surface area contributed by atoms with Gasteiger partial charge in [-0.05, 0) is 52.5 Å². The monoisotopic (exact) mass is 525 g/mol. The lowest BCUT2D eigenvalue weighted by atomic mass is 10.00. The van der Waals surface area contributed by atoms with Gasteiger partial charge >= 0.3 is 0 Å². The summed E-state index contributed by atoms with van der Waals surface area (Å²) in [6, 6.07) is 5.14. The van der Waals surface area contributed by atoms with Gasteiger partial charge in [0.15, 0.2) is 0 Å². The molecule has 5 rings (SSSR count). The molecule has 12 heteroatoms. The third-order valence-corrected chi connectivity index (χ3v) is 9.60. The molecule has 3 aromatic heterocycles. The molecule has 0 saturated carbocycles. The van der Waals surface area contributed by atoms with Crippen molar-refractivity contribution in [3.8, 4) is 11.4 Å². The molecule has 3 aromatic rings. The van der Waals surface area contributed by atoms with Crippen LogP contribution in [-0.2, 0) is 23.0 Å². The van der Waals surface area contributed by atoms with Gasteiger partial charge in [0.05, 0.1) is 15.3 Å². The Bertz CT molecular complexity index is 1280. The van der Waals surface area contributed by atoms with Crippen LogP contribution in [0.1, 0.15) is 35.9 Å². The van der Waals surface area contributed by atoms with Gasteiger partial charge in [0.25, 0.3) is 15.6 Å². The van der Waals surface area contributed by atoms with Crippen molar-refractivity contribution in [3.63, 3.8) is 0 Å². The number of pyridine rings is 1. The molecule has 1 saturated heterocycles. The third-order valence-electron chi connectivity index (χ3n) is 5.64. The highest BCUT2D eigenvalue weighted by Crippen LogP contribution is 2.33. The smallest absolute Gasteiger partial charge is 0.259 e. The Hall–Kier alpha value is -1.86. The van der Waals surface area contributed by atoms with Crippen LogP contribution in [0, 0.1) is 0 Å². The number of halogens is 1. The van der Waals surface area contributed by atoms with E-state index in [1.165, 1.54) is 15.6 Å². The van der Waals surface area contributed by atoms with E-state index in [0.717, 1.165) is 34.4 Å². The molecule has 1 atom stereocenters. The molecular weight excluding hydrogens is 506 g/mol. The van der Waals surface area contributed by atoms with E-state index in [1.807, 2.05) is 0 Å².